The molecule has 2 atom stereocenters. The number of carbonyl (C=O) groups is 2. The molecule has 3 N–H and O–H groups in total. The van der Waals surface area contributed by atoms with Crippen LogP contribution in [0.4, 0.5) is 0 Å². The molecule has 394 valence electrons. The number of hydrogen-bond donors (Lipinski definition) is 2. The summed E-state index contributed by atoms with van der Waals surface area (Å²) in [4.78, 5) is 35.1. The predicted octanol–water partition coefficient (Wildman–Crippen LogP) is 17.1. The Bertz CT molecular complexity index is 1490. The second-order valence-electron chi connectivity index (χ2n) is 17.7. The van der Waals surface area contributed by atoms with Gasteiger partial charge in [0.2, 0.25) is 0 Å². The number of allylic oxidation sites excluding steroid dienone is 18. The number of ether oxygens (including phenoxy) is 2. The Morgan fingerprint density at radius 1 is 0.449 bits per heavy atom. The first-order valence-corrected chi connectivity index (χ1v) is 28.9. The highest BCUT2D eigenvalue weighted by molar-refractivity contribution is 7.47. The number of phosphoric acid groups is 1. The molecule has 2 unspecified atom stereocenters. The molecule has 0 saturated carbocycles. The van der Waals surface area contributed by atoms with Gasteiger partial charge in [-0.2, -0.15) is 0 Å². The molecule has 0 aliphatic rings. The van der Waals surface area contributed by atoms with Gasteiger partial charge in [0.1, 0.15) is 6.61 Å². The highest BCUT2D eigenvalue weighted by Gasteiger charge is 2.26. The molecule has 0 aliphatic heterocycles. The molecule has 0 bridgehead atoms. The fourth-order valence-corrected chi connectivity index (χ4v) is 7.88. The Kier molecular flexibility index (Phi) is 51.4. The molecule has 0 aromatic rings. The maximum absolute atomic E-state index is 12.7. The van der Waals surface area contributed by atoms with Gasteiger partial charge in [-0.15, -0.1) is 0 Å². The zero-order valence-corrected chi connectivity index (χ0v) is 44.6. The van der Waals surface area contributed by atoms with Crippen LogP contribution in [0, 0.1) is 0 Å². The number of hydrogen-bond acceptors (Lipinski definition) is 8. The van der Waals surface area contributed by atoms with Crippen LogP contribution in [0.1, 0.15) is 219 Å². The maximum Gasteiger partial charge on any atom is 0.472 e. The number of unbranched alkanes of at least 4 members (excludes halogenated alkanes) is 19. The van der Waals surface area contributed by atoms with Crippen LogP contribution in [0.15, 0.2) is 109 Å². The van der Waals surface area contributed by atoms with E-state index in [0.717, 1.165) is 116 Å². The molecule has 69 heavy (non-hydrogen) atoms. The van der Waals surface area contributed by atoms with E-state index in [-0.39, 0.29) is 32.6 Å². The van der Waals surface area contributed by atoms with Crippen molar-refractivity contribution >= 4 is 19.8 Å². The molecule has 10 heteroatoms. The molecule has 0 aliphatic carbocycles. The number of rotatable bonds is 50. The van der Waals surface area contributed by atoms with E-state index in [4.69, 9.17) is 24.3 Å². The van der Waals surface area contributed by atoms with Crippen LogP contribution in [0.2, 0.25) is 0 Å². The zero-order chi connectivity index (χ0) is 50.2. The Labute approximate surface area is 422 Å². The van der Waals surface area contributed by atoms with E-state index in [2.05, 4.69) is 123 Å². The first kappa shape index (κ1) is 65.7. The predicted molar refractivity (Wildman–Crippen MR) is 293 cm³/mol. The van der Waals surface area contributed by atoms with E-state index in [1.54, 1.807) is 0 Å². The third-order valence-electron chi connectivity index (χ3n) is 11.1. The molecule has 0 aromatic heterocycles. The standard InChI is InChI=1S/C59H100NO8P/c1-3-5-7-9-11-13-15-17-19-21-23-25-26-27-28-29-30-32-34-36-38-40-42-44-46-48-50-52-59(62)68-57(56-67-69(63,64)66-54-53-60)55-65-58(61)51-49-47-45-43-41-39-37-35-33-31-24-22-20-18-16-14-12-10-8-6-4-2/h5,7,11,13,16-19,22-25,27-28,30,32-33,35,57H,3-4,6,8-10,12,14-15,20-21,26,29,31,34,36-56,60H2,1-2H3,(H,63,64)/b7-5-,13-11-,18-16-,19-17-,24-22-,25-23-,28-27-,32-30-,35-33-. The van der Waals surface area contributed by atoms with Gasteiger partial charge in [-0.25, -0.2) is 4.57 Å². The van der Waals surface area contributed by atoms with E-state index < -0.39 is 32.5 Å². The summed E-state index contributed by atoms with van der Waals surface area (Å²) in [5, 5.41) is 0. The lowest BCUT2D eigenvalue weighted by Gasteiger charge is -2.19. The summed E-state index contributed by atoms with van der Waals surface area (Å²) in [7, 11) is -4.40. The lowest BCUT2D eigenvalue weighted by atomic mass is 10.1. The van der Waals surface area contributed by atoms with Gasteiger partial charge in [0, 0.05) is 19.4 Å². The summed E-state index contributed by atoms with van der Waals surface area (Å²) in [5.41, 5.74) is 5.37. The van der Waals surface area contributed by atoms with Gasteiger partial charge in [-0.3, -0.25) is 18.6 Å². The summed E-state index contributed by atoms with van der Waals surface area (Å²) in [6.45, 7) is 3.58. The Morgan fingerprint density at radius 2 is 0.797 bits per heavy atom. The molecule has 9 nitrogen and oxygen atoms in total. The van der Waals surface area contributed by atoms with Crippen molar-refractivity contribution in [3.05, 3.63) is 109 Å². The molecule has 0 radical (unpaired) electrons. The highest BCUT2D eigenvalue weighted by atomic mass is 31.2. The molecule has 0 amide bonds. The second kappa shape index (κ2) is 54.0. The highest BCUT2D eigenvalue weighted by Crippen LogP contribution is 2.43. The van der Waals surface area contributed by atoms with E-state index in [9.17, 15) is 19.0 Å². The quantitative estimate of drug-likeness (QED) is 0.0264. The van der Waals surface area contributed by atoms with Crippen molar-refractivity contribution in [3.63, 3.8) is 0 Å². The van der Waals surface area contributed by atoms with Gasteiger partial charge in [0.15, 0.2) is 6.10 Å². The van der Waals surface area contributed by atoms with Crippen LogP contribution >= 0.6 is 7.82 Å². The monoisotopic (exact) mass is 982 g/mol. The van der Waals surface area contributed by atoms with Gasteiger partial charge in [0.05, 0.1) is 13.2 Å². The first-order valence-electron chi connectivity index (χ1n) is 27.4. The van der Waals surface area contributed by atoms with Gasteiger partial charge < -0.3 is 20.1 Å². The molecule has 0 saturated heterocycles. The van der Waals surface area contributed by atoms with E-state index in [0.29, 0.717) is 12.8 Å². The Balaban J connectivity index is 4.10. The van der Waals surface area contributed by atoms with Crippen molar-refractivity contribution in [3.8, 4) is 0 Å². The fraction of sp³-hybridized carbons (Fsp3) is 0.661. The minimum atomic E-state index is -4.40. The number of nitrogens with two attached hydrogens (primary N) is 1. The third-order valence-corrected chi connectivity index (χ3v) is 12.1. The summed E-state index contributed by atoms with van der Waals surface area (Å²) in [6, 6.07) is 0. The Hall–Kier alpha value is -3.33. The van der Waals surface area contributed by atoms with Crippen LogP contribution in [0.3, 0.4) is 0 Å². The fourth-order valence-electron chi connectivity index (χ4n) is 7.12. The molecular formula is C59H100NO8P. The second-order valence-corrected chi connectivity index (χ2v) is 19.2. The van der Waals surface area contributed by atoms with E-state index in [1.807, 2.05) is 0 Å². The minimum Gasteiger partial charge on any atom is -0.462 e. The van der Waals surface area contributed by atoms with Gasteiger partial charge in [-0.1, -0.05) is 213 Å². The first-order chi connectivity index (χ1) is 33.8. The van der Waals surface area contributed by atoms with Crippen molar-refractivity contribution in [2.45, 2.75) is 225 Å². The van der Waals surface area contributed by atoms with Crippen LogP contribution in [0.25, 0.3) is 0 Å². The van der Waals surface area contributed by atoms with Crippen LogP contribution in [-0.4, -0.2) is 49.3 Å². The molecular weight excluding hydrogens is 882 g/mol. The lowest BCUT2D eigenvalue weighted by Crippen LogP contribution is -2.29. The van der Waals surface area contributed by atoms with Gasteiger partial charge in [0.25, 0.3) is 0 Å². The van der Waals surface area contributed by atoms with Crippen molar-refractivity contribution in [2.75, 3.05) is 26.4 Å². The van der Waals surface area contributed by atoms with Crippen molar-refractivity contribution in [1.29, 1.82) is 0 Å². The smallest absolute Gasteiger partial charge is 0.462 e. The lowest BCUT2D eigenvalue weighted by molar-refractivity contribution is -0.161. The number of phosphoric ester groups is 1. The zero-order valence-electron chi connectivity index (χ0n) is 43.8. The minimum absolute atomic E-state index is 0.0440. The molecule has 0 fully saturated rings. The topological polar surface area (TPSA) is 134 Å². The number of esters is 2. The van der Waals surface area contributed by atoms with E-state index >= 15 is 0 Å². The summed E-state index contributed by atoms with van der Waals surface area (Å²) < 4.78 is 33.0. The molecule has 0 spiro atoms. The summed E-state index contributed by atoms with van der Waals surface area (Å²) in [6.07, 6.45) is 72.7. The average Bonchev–Trinajstić information content (AvgIpc) is 3.34. The van der Waals surface area contributed by atoms with Gasteiger partial charge >= 0.3 is 19.8 Å². The van der Waals surface area contributed by atoms with Crippen molar-refractivity contribution < 1.29 is 37.6 Å². The van der Waals surface area contributed by atoms with Crippen LogP contribution in [0.5, 0.6) is 0 Å². The van der Waals surface area contributed by atoms with Gasteiger partial charge in [-0.05, 0) is 103 Å². The van der Waals surface area contributed by atoms with Crippen molar-refractivity contribution in [2.24, 2.45) is 5.73 Å². The summed E-state index contributed by atoms with van der Waals surface area (Å²) >= 11 is 0. The summed E-state index contributed by atoms with van der Waals surface area (Å²) in [5.74, 6) is -0.858. The third kappa shape index (κ3) is 53.9. The molecule has 0 rings (SSSR count). The normalized spacial score (nSPS) is 14.0. The Morgan fingerprint density at radius 3 is 1.19 bits per heavy atom. The van der Waals surface area contributed by atoms with Crippen molar-refractivity contribution in [1.82, 2.24) is 0 Å². The largest absolute Gasteiger partial charge is 0.472 e. The van der Waals surface area contributed by atoms with E-state index in [1.165, 1.54) is 64.2 Å². The SMILES string of the molecule is CC/C=C\C/C=C\C/C=C\C/C=C\C/C=C\C/C=C\CCCCCCCCCCC(=O)OC(COC(=O)CCCCCCCC/C=C\C/C=C\C/C=C\CCCCCCC)COP(=O)(O)OCCN. The van der Waals surface area contributed by atoms with Crippen LogP contribution < -0.4 is 5.73 Å². The number of carbonyl (C=O) groups excluding carboxylic acids is 2. The molecule has 0 heterocycles. The molecule has 0 aromatic carbocycles. The maximum atomic E-state index is 12.7. The van der Waals surface area contributed by atoms with Crippen LogP contribution in [-0.2, 0) is 32.7 Å². The average molecular weight is 982 g/mol.